The molecule has 0 radical (unpaired) electrons. The first-order valence-corrected chi connectivity index (χ1v) is 8.85. The number of fused-ring (bicyclic) bond motifs is 1. The molecule has 5 heteroatoms. The van der Waals surface area contributed by atoms with Gasteiger partial charge in [0.1, 0.15) is 11.3 Å². The van der Waals surface area contributed by atoms with E-state index in [0.717, 1.165) is 36.1 Å². The van der Waals surface area contributed by atoms with E-state index < -0.39 is 0 Å². The van der Waals surface area contributed by atoms with Crippen molar-refractivity contribution >= 4 is 22.6 Å². The molecule has 2 N–H and O–H groups in total. The van der Waals surface area contributed by atoms with Gasteiger partial charge in [-0.15, -0.1) is 0 Å². The fraction of sp³-hybridized carbons (Fsp3) is 0.300. The second kappa shape index (κ2) is 6.59. The molecule has 1 aliphatic rings. The first-order valence-electron chi connectivity index (χ1n) is 8.85. The van der Waals surface area contributed by atoms with Gasteiger partial charge < -0.3 is 15.2 Å². The molecule has 1 saturated heterocycles. The lowest BCUT2D eigenvalue weighted by Gasteiger charge is -2.27. The molecule has 1 unspecified atom stereocenters. The average Bonchev–Trinajstić information content (AvgIpc) is 3.29. The number of carbonyl (C=O) groups excluding carboxylic acids is 1. The van der Waals surface area contributed by atoms with Gasteiger partial charge in [0, 0.05) is 30.4 Å². The number of amides is 1. The third-order valence-corrected chi connectivity index (χ3v) is 4.84. The van der Waals surface area contributed by atoms with E-state index in [-0.39, 0.29) is 5.91 Å². The second-order valence-corrected chi connectivity index (χ2v) is 6.40. The molecular weight excluding hydrogens is 312 g/mol. The fourth-order valence-corrected chi connectivity index (χ4v) is 3.72. The molecule has 0 bridgehead atoms. The molecule has 1 aliphatic heterocycles. The number of carbonyl (C=O) groups is 1. The quantitative estimate of drug-likeness (QED) is 0.765. The predicted octanol–water partition coefficient (Wildman–Crippen LogP) is 3.65. The SMILES string of the molecule is CCNC(=O)c1cc2c(N3CCCC3c3ccccc3)ccnc2[nH]1. The maximum Gasteiger partial charge on any atom is 0.267 e. The minimum absolute atomic E-state index is 0.0903. The highest BCUT2D eigenvalue weighted by Gasteiger charge is 2.28. The van der Waals surface area contributed by atoms with Gasteiger partial charge in [0.25, 0.3) is 5.91 Å². The van der Waals surface area contributed by atoms with E-state index in [1.54, 1.807) is 0 Å². The molecule has 128 valence electrons. The van der Waals surface area contributed by atoms with E-state index in [2.05, 4.69) is 56.6 Å². The van der Waals surface area contributed by atoms with Gasteiger partial charge >= 0.3 is 0 Å². The first kappa shape index (κ1) is 15.7. The molecule has 2 aromatic heterocycles. The number of nitrogens with one attached hydrogen (secondary N) is 2. The number of anilines is 1. The Hall–Kier alpha value is -2.82. The minimum Gasteiger partial charge on any atom is -0.364 e. The van der Waals surface area contributed by atoms with Crippen molar-refractivity contribution in [3.63, 3.8) is 0 Å². The largest absolute Gasteiger partial charge is 0.364 e. The number of hydrogen-bond donors (Lipinski definition) is 2. The van der Waals surface area contributed by atoms with Gasteiger partial charge in [-0.25, -0.2) is 4.98 Å². The second-order valence-electron chi connectivity index (χ2n) is 6.40. The average molecular weight is 334 g/mol. The van der Waals surface area contributed by atoms with E-state index in [1.807, 2.05) is 19.2 Å². The zero-order chi connectivity index (χ0) is 17.2. The van der Waals surface area contributed by atoms with Gasteiger partial charge in [-0.2, -0.15) is 0 Å². The predicted molar refractivity (Wildman–Crippen MR) is 99.9 cm³/mol. The van der Waals surface area contributed by atoms with Crippen molar-refractivity contribution in [1.82, 2.24) is 15.3 Å². The number of pyridine rings is 1. The van der Waals surface area contributed by atoms with Crippen LogP contribution in [0.1, 0.15) is 41.9 Å². The van der Waals surface area contributed by atoms with Crippen molar-refractivity contribution in [2.24, 2.45) is 0 Å². The molecule has 0 aliphatic carbocycles. The van der Waals surface area contributed by atoms with Crippen LogP contribution in [0.2, 0.25) is 0 Å². The Kier molecular flexibility index (Phi) is 4.14. The molecule has 1 aromatic carbocycles. The van der Waals surface area contributed by atoms with Crippen molar-refractivity contribution in [3.8, 4) is 0 Å². The highest BCUT2D eigenvalue weighted by molar-refractivity contribution is 6.00. The standard InChI is InChI=1S/C20H22N4O/c1-2-21-20(25)16-13-15-18(10-11-22-19(15)23-16)24-12-6-9-17(24)14-7-4-3-5-8-14/h3-5,7-8,10-11,13,17H,2,6,9,12H2,1H3,(H,21,25)(H,22,23). The summed E-state index contributed by atoms with van der Waals surface area (Å²) in [6.07, 6.45) is 4.12. The Morgan fingerprint density at radius 1 is 1.32 bits per heavy atom. The Bertz CT molecular complexity index is 887. The van der Waals surface area contributed by atoms with E-state index in [9.17, 15) is 4.79 Å². The maximum absolute atomic E-state index is 12.1. The van der Waals surface area contributed by atoms with Crippen LogP contribution in [0.25, 0.3) is 11.0 Å². The first-order chi connectivity index (χ1) is 12.3. The Morgan fingerprint density at radius 2 is 2.16 bits per heavy atom. The summed E-state index contributed by atoms with van der Waals surface area (Å²) in [6, 6.07) is 15.0. The van der Waals surface area contributed by atoms with E-state index in [1.165, 1.54) is 5.56 Å². The molecule has 4 rings (SSSR count). The highest BCUT2D eigenvalue weighted by atomic mass is 16.1. The number of benzene rings is 1. The summed E-state index contributed by atoms with van der Waals surface area (Å²) in [7, 11) is 0. The van der Waals surface area contributed by atoms with Crippen molar-refractivity contribution in [2.45, 2.75) is 25.8 Å². The van der Waals surface area contributed by atoms with Gasteiger partial charge in [0.15, 0.2) is 0 Å². The molecule has 5 nitrogen and oxygen atoms in total. The van der Waals surface area contributed by atoms with E-state index in [0.29, 0.717) is 18.3 Å². The monoisotopic (exact) mass is 334 g/mol. The molecule has 1 atom stereocenters. The number of nitrogens with zero attached hydrogens (tertiary/aromatic N) is 2. The fourth-order valence-electron chi connectivity index (χ4n) is 3.72. The molecule has 0 spiro atoms. The Balaban J connectivity index is 1.74. The summed E-state index contributed by atoms with van der Waals surface area (Å²) < 4.78 is 0. The van der Waals surface area contributed by atoms with Crippen molar-refractivity contribution in [3.05, 3.63) is 59.9 Å². The van der Waals surface area contributed by atoms with Crippen LogP contribution >= 0.6 is 0 Å². The van der Waals surface area contributed by atoms with Gasteiger partial charge in [-0.1, -0.05) is 30.3 Å². The third-order valence-electron chi connectivity index (χ3n) is 4.84. The lowest BCUT2D eigenvalue weighted by molar-refractivity contribution is 0.0951. The van der Waals surface area contributed by atoms with Crippen LogP contribution in [0, 0.1) is 0 Å². The molecule has 1 amide bonds. The van der Waals surface area contributed by atoms with Crippen molar-refractivity contribution in [2.75, 3.05) is 18.0 Å². The third kappa shape index (κ3) is 2.86. The lowest BCUT2D eigenvalue weighted by Crippen LogP contribution is -2.23. The van der Waals surface area contributed by atoms with Crippen LogP contribution in [0.5, 0.6) is 0 Å². The molecule has 3 aromatic rings. The molecular formula is C20H22N4O. The van der Waals surface area contributed by atoms with Crippen LogP contribution in [-0.4, -0.2) is 29.0 Å². The Labute approximate surface area is 147 Å². The maximum atomic E-state index is 12.1. The summed E-state index contributed by atoms with van der Waals surface area (Å²) in [5.74, 6) is -0.0903. The van der Waals surface area contributed by atoms with Crippen LogP contribution in [0.4, 0.5) is 5.69 Å². The van der Waals surface area contributed by atoms with Crippen LogP contribution < -0.4 is 10.2 Å². The van der Waals surface area contributed by atoms with Crippen LogP contribution in [-0.2, 0) is 0 Å². The molecule has 25 heavy (non-hydrogen) atoms. The number of hydrogen-bond acceptors (Lipinski definition) is 3. The lowest BCUT2D eigenvalue weighted by atomic mass is 10.0. The topological polar surface area (TPSA) is 61.0 Å². The van der Waals surface area contributed by atoms with Gasteiger partial charge in [-0.05, 0) is 37.5 Å². The van der Waals surface area contributed by atoms with Crippen LogP contribution in [0.3, 0.4) is 0 Å². The zero-order valence-electron chi connectivity index (χ0n) is 14.3. The Morgan fingerprint density at radius 3 is 2.96 bits per heavy atom. The number of H-pyrrole nitrogens is 1. The number of aromatic nitrogens is 2. The van der Waals surface area contributed by atoms with Crippen LogP contribution in [0.15, 0.2) is 48.7 Å². The minimum atomic E-state index is -0.0903. The zero-order valence-corrected chi connectivity index (χ0v) is 14.3. The summed E-state index contributed by atoms with van der Waals surface area (Å²) in [6.45, 7) is 3.54. The summed E-state index contributed by atoms with van der Waals surface area (Å²) >= 11 is 0. The molecule has 1 fully saturated rings. The summed E-state index contributed by atoms with van der Waals surface area (Å²) in [4.78, 5) is 22.1. The van der Waals surface area contributed by atoms with Gasteiger partial charge in [0.2, 0.25) is 0 Å². The molecule has 0 saturated carbocycles. The highest BCUT2D eigenvalue weighted by Crippen LogP contribution is 2.39. The van der Waals surface area contributed by atoms with E-state index in [4.69, 9.17) is 0 Å². The molecule has 3 heterocycles. The van der Waals surface area contributed by atoms with Gasteiger partial charge in [-0.3, -0.25) is 4.79 Å². The van der Waals surface area contributed by atoms with Crippen molar-refractivity contribution in [1.29, 1.82) is 0 Å². The summed E-state index contributed by atoms with van der Waals surface area (Å²) in [5, 5.41) is 3.84. The normalized spacial score (nSPS) is 17.2. The smallest absolute Gasteiger partial charge is 0.267 e. The van der Waals surface area contributed by atoms with Crippen molar-refractivity contribution < 1.29 is 4.79 Å². The van der Waals surface area contributed by atoms with Gasteiger partial charge in [0.05, 0.1) is 6.04 Å². The number of rotatable bonds is 4. The van der Waals surface area contributed by atoms with E-state index >= 15 is 0 Å². The summed E-state index contributed by atoms with van der Waals surface area (Å²) in [5.41, 5.74) is 3.80. The number of aromatic amines is 1.